The SMILES string of the molecule is C=CC(C)Nc1ncc(C(=O)O)cc1[N+](=O)[O-]. The zero-order valence-corrected chi connectivity index (χ0v) is 9.08. The number of hydrogen-bond acceptors (Lipinski definition) is 5. The molecule has 0 aliphatic carbocycles. The highest BCUT2D eigenvalue weighted by atomic mass is 16.6. The van der Waals surface area contributed by atoms with Gasteiger partial charge in [0.25, 0.3) is 0 Å². The Morgan fingerprint density at radius 2 is 2.41 bits per heavy atom. The number of aromatic nitrogens is 1. The summed E-state index contributed by atoms with van der Waals surface area (Å²) in [6.07, 6.45) is 2.62. The summed E-state index contributed by atoms with van der Waals surface area (Å²) < 4.78 is 0. The monoisotopic (exact) mass is 237 g/mol. The maximum absolute atomic E-state index is 10.8. The molecule has 90 valence electrons. The van der Waals surface area contributed by atoms with Crippen LogP contribution in [0.3, 0.4) is 0 Å². The Balaban J connectivity index is 3.17. The minimum absolute atomic E-state index is 0.0207. The minimum atomic E-state index is -1.26. The van der Waals surface area contributed by atoms with Crippen LogP contribution in [0, 0.1) is 10.1 Å². The Bertz CT molecular complexity index is 473. The highest BCUT2D eigenvalue weighted by molar-refractivity contribution is 5.88. The lowest BCUT2D eigenvalue weighted by atomic mass is 10.2. The van der Waals surface area contributed by atoms with E-state index in [1.54, 1.807) is 13.0 Å². The van der Waals surface area contributed by atoms with E-state index in [0.717, 1.165) is 12.3 Å². The number of rotatable bonds is 5. The van der Waals surface area contributed by atoms with Gasteiger partial charge in [0.05, 0.1) is 10.5 Å². The molecular formula is C10H11N3O4. The predicted molar refractivity (Wildman–Crippen MR) is 61.1 cm³/mol. The summed E-state index contributed by atoms with van der Waals surface area (Å²) in [6.45, 7) is 5.26. The Hall–Kier alpha value is -2.44. The average molecular weight is 237 g/mol. The van der Waals surface area contributed by atoms with Crippen LogP contribution < -0.4 is 5.32 Å². The van der Waals surface area contributed by atoms with Crippen molar-refractivity contribution in [1.82, 2.24) is 4.98 Å². The molecule has 7 heteroatoms. The fraction of sp³-hybridized carbons (Fsp3) is 0.200. The number of nitrogens with zero attached hydrogens (tertiary/aromatic N) is 2. The zero-order chi connectivity index (χ0) is 13.0. The summed E-state index contributed by atoms with van der Waals surface area (Å²) >= 11 is 0. The molecule has 1 aromatic heterocycles. The van der Waals surface area contributed by atoms with Crippen LogP contribution in [0.2, 0.25) is 0 Å². The van der Waals surface area contributed by atoms with Crippen molar-refractivity contribution in [3.63, 3.8) is 0 Å². The topological polar surface area (TPSA) is 105 Å². The standard InChI is InChI=1S/C10H11N3O4/c1-3-6(2)12-9-8(13(16)17)4-7(5-11-9)10(14)15/h3-6H,1H2,2H3,(H,11,12)(H,14,15). The van der Waals surface area contributed by atoms with Gasteiger partial charge >= 0.3 is 11.7 Å². The van der Waals surface area contributed by atoms with Crippen molar-refractivity contribution in [3.8, 4) is 0 Å². The molecule has 1 rings (SSSR count). The second kappa shape index (κ2) is 5.06. The quantitative estimate of drug-likeness (QED) is 0.458. The van der Waals surface area contributed by atoms with Crippen LogP contribution in [0.1, 0.15) is 17.3 Å². The first-order valence-corrected chi connectivity index (χ1v) is 4.72. The molecule has 1 atom stereocenters. The van der Waals surface area contributed by atoms with Crippen LogP contribution in [0.4, 0.5) is 11.5 Å². The summed E-state index contributed by atoms with van der Waals surface area (Å²) in [5, 5.41) is 22.2. The lowest BCUT2D eigenvalue weighted by Crippen LogP contribution is -2.14. The van der Waals surface area contributed by atoms with Gasteiger partial charge in [-0.3, -0.25) is 10.1 Å². The molecule has 0 aliphatic rings. The normalized spacial score (nSPS) is 11.6. The first-order valence-electron chi connectivity index (χ1n) is 4.72. The lowest BCUT2D eigenvalue weighted by molar-refractivity contribution is -0.384. The van der Waals surface area contributed by atoms with Gasteiger partial charge < -0.3 is 10.4 Å². The van der Waals surface area contributed by atoms with Gasteiger partial charge in [0.2, 0.25) is 5.82 Å². The fourth-order valence-corrected chi connectivity index (χ4v) is 1.10. The number of hydrogen-bond donors (Lipinski definition) is 2. The number of carbonyl (C=O) groups is 1. The molecular weight excluding hydrogens is 226 g/mol. The number of pyridine rings is 1. The van der Waals surface area contributed by atoms with E-state index >= 15 is 0 Å². The van der Waals surface area contributed by atoms with Gasteiger partial charge in [0, 0.05) is 18.3 Å². The Morgan fingerprint density at radius 1 is 1.76 bits per heavy atom. The molecule has 0 saturated heterocycles. The number of carboxylic acid groups (broad SMARTS) is 1. The third kappa shape index (κ3) is 3.00. The number of nitrogens with one attached hydrogen (secondary N) is 1. The van der Waals surface area contributed by atoms with Gasteiger partial charge in [-0.25, -0.2) is 9.78 Å². The van der Waals surface area contributed by atoms with Crippen molar-refractivity contribution in [2.45, 2.75) is 13.0 Å². The highest BCUT2D eigenvalue weighted by Gasteiger charge is 2.19. The van der Waals surface area contributed by atoms with Gasteiger partial charge in [-0.1, -0.05) is 6.08 Å². The van der Waals surface area contributed by atoms with Crippen molar-refractivity contribution in [3.05, 3.63) is 40.6 Å². The zero-order valence-electron chi connectivity index (χ0n) is 9.08. The Labute approximate surface area is 96.9 Å². The molecule has 7 nitrogen and oxygen atoms in total. The van der Waals surface area contributed by atoms with Crippen molar-refractivity contribution in [2.24, 2.45) is 0 Å². The van der Waals surface area contributed by atoms with Crippen molar-refractivity contribution >= 4 is 17.5 Å². The van der Waals surface area contributed by atoms with E-state index in [4.69, 9.17) is 5.11 Å². The van der Waals surface area contributed by atoms with Gasteiger partial charge in [-0.2, -0.15) is 0 Å². The van der Waals surface area contributed by atoms with E-state index in [1.165, 1.54) is 0 Å². The molecule has 0 fully saturated rings. The van der Waals surface area contributed by atoms with Crippen LogP contribution in [-0.4, -0.2) is 27.0 Å². The van der Waals surface area contributed by atoms with E-state index in [1.807, 2.05) is 0 Å². The van der Waals surface area contributed by atoms with Crippen LogP contribution in [0.25, 0.3) is 0 Å². The van der Waals surface area contributed by atoms with Crippen molar-refractivity contribution in [2.75, 3.05) is 5.32 Å². The van der Waals surface area contributed by atoms with Crippen LogP contribution in [-0.2, 0) is 0 Å². The maximum Gasteiger partial charge on any atom is 0.337 e. The Morgan fingerprint density at radius 3 is 2.88 bits per heavy atom. The molecule has 0 aromatic carbocycles. The van der Waals surface area contributed by atoms with Crippen molar-refractivity contribution < 1.29 is 14.8 Å². The van der Waals surface area contributed by atoms with Crippen LogP contribution in [0.15, 0.2) is 24.9 Å². The summed E-state index contributed by atoms with van der Waals surface area (Å²) in [4.78, 5) is 24.5. The molecule has 0 amide bonds. The third-order valence-electron chi connectivity index (χ3n) is 2.03. The predicted octanol–water partition coefficient (Wildman–Crippen LogP) is 1.67. The van der Waals surface area contributed by atoms with Gasteiger partial charge in [0.1, 0.15) is 0 Å². The molecule has 0 saturated carbocycles. The second-order valence-corrected chi connectivity index (χ2v) is 3.32. The molecule has 1 heterocycles. The van der Waals surface area contributed by atoms with E-state index in [2.05, 4.69) is 16.9 Å². The molecule has 0 aliphatic heterocycles. The molecule has 1 unspecified atom stereocenters. The lowest BCUT2D eigenvalue weighted by Gasteiger charge is -2.09. The van der Waals surface area contributed by atoms with E-state index in [9.17, 15) is 14.9 Å². The molecule has 0 radical (unpaired) electrons. The van der Waals surface area contributed by atoms with Gasteiger partial charge in [-0.05, 0) is 6.92 Å². The van der Waals surface area contributed by atoms with Crippen molar-refractivity contribution in [1.29, 1.82) is 0 Å². The third-order valence-corrected chi connectivity index (χ3v) is 2.03. The highest BCUT2D eigenvalue weighted by Crippen LogP contribution is 2.23. The number of anilines is 1. The molecule has 0 spiro atoms. The molecule has 17 heavy (non-hydrogen) atoms. The fourth-order valence-electron chi connectivity index (χ4n) is 1.10. The maximum atomic E-state index is 10.8. The van der Waals surface area contributed by atoms with E-state index < -0.39 is 10.9 Å². The first kappa shape index (κ1) is 12.6. The summed E-state index contributed by atoms with van der Waals surface area (Å²) in [7, 11) is 0. The van der Waals surface area contributed by atoms with E-state index in [0.29, 0.717) is 0 Å². The largest absolute Gasteiger partial charge is 0.478 e. The Kier molecular flexibility index (Phi) is 3.76. The van der Waals surface area contributed by atoms with Crippen LogP contribution >= 0.6 is 0 Å². The molecule has 0 bridgehead atoms. The first-order chi connectivity index (χ1) is 7.95. The van der Waals surface area contributed by atoms with Gasteiger partial charge in [-0.15, -0.1) is 6.58 Å². The summed E-state index contributed by atoms with van der Waals surface area (Å²) in [5.74, 6) is -1.24. The van der Waals surface area contributed by atoms with Crippen LogP contribution in [0.5, 0.6) is 0 Å². The number of nitro groups is 1. The minimum Gasteiger partial charge on any atom is -0.478 e. The molecule has 1 aromatic rings. The van der Waals surface area contributed by atoms with Gasteiger partial charge in [0.15, 0.2) is 0 Å². The molecule has 2 N–H and O–H groups in total. The number of carboxylic acids is 1. The second-order valence-electron chi connectivity index (χ2n) is 3.32. The number of aromatic carboxylic acids is 1. The summed E-state index contributed by atoms with van der Waals surface area (Å²) in [6, 6.07) is 0.755. The van der Waals surface area contributed by atoms with E-state index in [-0.39, 0.29) is 23.1 Å². The summed E-state index contributed by atoms with van der Waals surface area (Å²) in [5.41, 5.74) is -0.605. The average Bonchev–Trinajstić information content (AvgIpc) is 2.28. The smallest absolute Gasteiger partial charge is 0.337 e.